The topological polar surface area (TPSA) is 78.8 Å². The lowest BCUT2D eigenvalue weighted by molar-refractivity contribution is -0.122. The lowest BCUT2D eigenvalue weighted by atomic mass is 9.47. The summed E-state index contributed by atoms with van der Waals surface area (Å²) in [6.07, 6.45) is 1.65. The van der Waals surface area contributed by atoms with Crippen LogP contribution < -0.4 is 10.3 Å². The third-order valence-electron chi connectivity index (χ3n) is 8.31. The van der Waals surface area contributed by atoms with Gasteiger partial charge in [0, 0.05) is 27.2 Å². The molecule has 196 valence electrons. The molecule has 0 spiro atoms. The Balaban J connectivity index is 1.39. The predicted octanol–water partition coefficient (Wildman–Crippen LogP) is 6.07. The van der Waals surface area contributed by atoms with E-state index in [9.17, 15) is 14.4 Å². The Bertz CT molecular complexity index is 1690. The molecule has 0 saturated carbocycles. The van der Waals surface area contributed by atoms with Crippen LogP contribution in [0.2, 0.25) is 5.02 Å². The van der Waals surface area contributed by atoms with Crippen LogP contribution in [0.25, 0.3) is 0 Å². The van der Waals surface area contributed by atoms with E-state index < -0.39 is 23.2 Å². The summed E-state index contributed by atoms with van der Waals surface area (Å²) in [6.45, 7) is 0. The summed E-state index contributed by atoms with van der Waals surface area (Å²) >= 11 is 9.41. The van der Waals surface area contributed by atoms with E-state index >= 15 is 0 Å². The van der Waals surface area contributed by atoms with Gasteiger partial charge < -0.3 is 0 Å². The number of benzene rings is 4. The maximum absolute atomic E-state index is 14.3. The number of halogens is 2. The Kier molecular flexibility index (Phi) is 5.77. The molecule has 8 rings (SSSR count). The summed E-state index contributed by atoms with van der Waals surface area (Å²) in [7, 11) is 0. The molecule has 0 aromatic heterocycles. The Labute approximate surface area is 243 Å². The molecule has 4 aromatic carbocycles. The van der Waals surface area contributed by atoms with Crippen molar-refractivity contribution in [1.82, 2.24) is 5.43 Å². The van der Waals surface area contributed by atoms with Crippen LogP contribution in [-0.4, -0.2) is 23.9 Å². The second-order valence-corrected chi connectivity index (χ2v) is 11.6. The molecule has 0 unspecified atom stereocenters. The molecule has 3 amide bonds. The lowest BCUT2D eigenvalue weighted by Gasteiger charge is -2.52. The van der Waals surface area contributed by atoms with E-state index in [0.717, 1.165) is 26.7 Å². The van der Waals surface area contributed by atoms with Gasteiger partial charge in [-0.15, -0.1) is 0 Å². The SMILES string of the molecule is O=C(N/N=C\C12c3ccccc3C(c3ccccc31)[C@@H]1C(=O)N(c3ccc(Br)cc3)C(=O)[C@@H]12)c1ccc(Cl)cc1. The van der Waals surface area contributed by atoms with Gasteiger partial charge in [0.05, 0.1) is 22.9 Å². The van der Waals surface area contributed by atoms with Crippen molar-refractivity contribution in [1.29, 1.82) is 0 Å². The largest absolute Gasteiger partial charge is 0.274 e. The van der Waals surface area contributed by atoms with E-state index in [2.05, 4.69) is 26.5 Å². The van der Waals surface area contributed by atoms with Gasteiger partial charge in [-0.25, -0.2) is 10.3 Å². The van der Waals surface area contributed by atoms with Crippen molar-refractivity contribution in [3.05, 3.63) is 134 Å². The molecule has 1 heterocycles. The first-order valence-electron chi connectivity index (χ1n) is 12.8. The minimum atomic E-state index is -1.06. The van der Waals surface area contributed by atoms with Crippen molar-refractivity contribution >= 4 is 57.2 Å². The summed E-state index contributed by atoms with van der Waals surface area (Å²) in [6, 6.07) is 29.5. The highest BCUT2D eigenvalue weighted by atomic mass is 79.9. The van der Waals surface area contributed by atoms with Crippen LogP contribution >= 0.6 is 27.5 Å². The van der Waals surface area contributed by atoms with Crippen molar-refractivity contribution in [3.8, 4) is 0 Å². The molecule has 4 aliphatic rings. The summed E-state index contributed by atoms with van der Waals surface area (Å²) in [4.78, 5) is 42.7. The molecule has 8 heteroatoms. The molecule has 1 N–H and O–H groups in total. The standard InChI is InChI=1S/C32H21BrClN3O3/c33-19-11-15-21(16-12-19)37-30(39)27-26-22-5-1-3-7-24(22)32(28(27)31(37)40,25-8-4-2-6-23(25)26)17-35-36-29(38)18-9-13-20(34)14-10-18/h1-17,26-28H,(H,36,38)/b35-17-/t26?,27-,28+,32?/m0/s1. The number of carbonyl (C=O) groups is 3. The van der Waals surface area contributed by atoms with Crippen LogP contribution in [0.5, 0.6) is 0 Å². The van der Waals surface area contributed by atoms with Gasteiger partial charge in [0.15, 0.2) is 0 Å². The number of carbonyl (C=O) groups excluding carboxylic acids is 3. The molecular weight excluding hydrogens is 590 g/mol. The molecule has 0 radical (unpaired) electrons. The minimum absolute atomic E-state index is 0.227. The second kappa shape index (κ2) is 9.25. The van der Waals surface area contributed by atoms with Crippen molar-refractivity contribution in [2.45, 2.75) is 11.3 Å². The fraction of sp³-hybridized carbons (Fsp3) is 0.125. The molecule has 2 atom stereocenters. The molecule has 6 nitrogen and oxygen atoms in total. The third-order valence-corrected chi connectivity index (χ3v) is 9.09. The quantitative estimate of drug-likeness (QED) is 0.173. The highest BCUT2D eigenvalue weighted by molar-refractivity contribution is 9.10. The zero-order valence-electron chi connectivity index (χ0n) is 20.9. The number of rotatable bonds is 4. The maximum Gasteiger partial charge on any atom is 0.271 e. The minimum Gasteiger partial charge on any atom is -0.274 e. The number of imide groups is 1. The number of hydrogen-bond acceptors (Lipinski definition) is 4. The van der Waals surface area contributed by atoms with E-state index in [-0.39, 0.29) is 17.7 Å². The van der Waals surface area contributed by atoms with Crippen LogP contribution in [0.3, 0.4) is 0 Å². The van der Waals surface area contributed by atoms with Crippen LogP contribution in [0, 0.1) is 11.8 Å². The van der Waals surface area contributed by atoms with Crippen LogP contribution in [-0.2, 0) is 15.0 Å². The Morgan fingerprint density at radius 1 is 0.850 bits per heavy atom. The van der Waals surface area contributed by atoms with Gasteiger partial charge in [0.1, 0.15) is 0 Å². The van der Waals surface area contributed by atoms with Gasteiger partial charge >= 0.3 is 0 Å². The van der Waals surface area contributed by atoms with E-state index in [1.807, 2.05) is 60.7 Å². The average molecular weight is 611 g/mol. The van der Waals surface area contributed by atoms with E-state index in [0.29, 0.717) is 16.3 Å². The summed E-state index contributed by atoms with van der Waals surface area (Å²) in [5.74, 6) is -2.52. The van der Waals surface area contributed by atoms with Crippen molar-refractivity contribution < 1.29 is 14.4 Å². The number of anilines is 1. The van der Waals surface area contributed by atoms with Gasteiger partial charge in [0.25, 0.3) is 5.91 Å². The molecular formula is C32H21BrClN3O3. The Morgan fingerprint density at radius 3 is 2.08 bits per heavy atom. The predicted molar refractivity (Wildman–Crippen MR) is 157 cm³/mol. The molecule has 1 fully saturated rings. The number of hydrogen-bond donors (Lipinski definition) is 1. The second-order valence-electron chi connectivity index (χ2n) is 10.2. The van der Waals surface area contributed by atoms with Crippen molar-refractivity contribution in [3.63, 3.8) is 0 Å². The van der Waals surface area contributed by atoms with Gasteiger partial charge in [-0.05, 0) is 70.8 Å². The van der Waals surface area contributed by atoms with E-state index in [1.54, 1.807) is 42.6 Å². The normalized spacial score (nSPS) is 24.1. The fourth-order valence-electron chi connectivity index (χ4n) is 6.75. The molecule has 40 heavy (non-hydrogen) atoms. The van der Waals surface area contributed by atoms with Gasteiger partial charge in [-0.2, -0.15) is 5.10 Å². The fourth-order valence-corrected chi connectivity index (χ4v) is 7.14. The zero-order valence-corrected chi connectivity index (χ0v) is 23.3. The van der Waals surface area contributed by atoms with Crippen molar-refractivity contribution in [2.24, 2.45) is 16.9 Å². The first-order valence-corrected chi connectivity index (χ1v) is 14.0. The average Bonchev–Trinajstić information content (AvgIpc) is 3.24. The maximum atomic E-state index is 14.3. The number of hydrazone groups is 1. The first-order chi connectivity index (χ1) is 19.4. The molecule has 2 bridgehead atoms. The smallest absolute Gasteiger partial charge is 0.271 e. The molecule has 1 saturated heterocycles. The van der Waals surface area contributed by atoms with Gasteiger partial charge in [0.2, 0.25) is 11.8 Å². The van der Waals surface area contributed by atoms with Crippen molar-refractivity contribution in [2.75, 3.05) is 4.90 Å². The lowest BCUT2D eigenvalue weighted by Crippen LogP contribution is -2.54. The summed E-state index contributed by atoms with van der Waals surface area (Å²) in [5, 5.41) is 4.97. The zero-order chi connectivity index (χ0) is 27.6. The monoisotopic (exact) mass is 609 g/mol. The highest BCUT2D eigenvalue weighted by Gasteiger charge is 2.68. The number of nitrogens with one attached hydrogen (secondary N) is 1. The van der Waals surface area contributed by atoms with Gasteiger partial charge in [-0.3, -0.25) is 14.4 Å². The summed E-state index contributed by atoms with van der Waals surface area (Å²) < 4.78 is 0.854. The Hall–Kier alpha value is -4.07. The van der Waals surface area contributed by atoms with E-state index in [1.165, 1.54) is 4.90 Å². The number of amides is 3. The highest BCUT2D eigenvalue weighted by Crippen LogP contribution is 2.63. The molecule has 4 aromatic rings. The molecule has 3 aliphatic carbocycles. The third kappa shape index (κ3) is 3.47. The van der Waals surface area contributed by atoms with Crippen LogP contribution in [0.15, 0.2) is 107 Å². The van der Waals surface area contributed by atoms with Gasteiger partial charge in [-0.1, -0.05) is 76.1 Å². The molecule has 1 aliphatic heterocycles. The van der Waals surface area contributed by atoms with Crippen LogP contribution in [0.4, 0.5) is 5.69 Å². The Morgan fingerprint density at radius 2 is 1.45 bits per heavy atom. The first kappa shape index (κ1) is 24.9. The number of nitrogens with zero attached hydrogens (tertiary/aromatic N) is 2. The van der Waals surface area contributed by atoms with Crippen LogP contribution in [0.1, 0.15) is 38.5 Å². The van der Waals surface area contributed by atoms with E-state index in [4.69, 9.17) is 11.6 Å². The summed E-state index contributed by atoms with van der Waals surface area (Å²) in [5.41, 5.74) is 6.34.